The van der Waals surface area contributed by atoms with E-state index in [0.29, 0.717) is 10.8 Å². The Morgan fingerprint density at radius 3 is 2.50 bits per heavy atom. The molecule has 0 spiro atoms. The fourth-order valence-electron chi connectivity index (χ4n) is 1.84. The molecule has 0 amide bonds. The molecule has 20 heavy (non-hydrogen) atoms. The first kappa shape index (κ1) is 14.7. The number of hydrogen-bond acceptors (Lipinski definition) is 3. The van der Waals surface area contributed by atoms with Crippen LogP contribution in [0.4, 0.5) is 5.69 Å². The topological polar surface area (TPSA) is 38.5 Å². The second-order valence-corrected chi connectivity index (χ2v) is 5.38. The molecule has 0 aromatic heterocycles. The van der Waals surface area contributed by atoms with Gasteiger partial charge in [0.15, 0.2) is 0 Å². The summed E-state index contributed by atoms with van der Waals surface area (Å²) in [6.45, 7) is 1.92. The third-order valence-electron chi connectivity index (χ3n) is 3.04. The first-order chi connectivity index (χ1) is 9.47. The Balaban J connectivity index is 2.24. The average Bonchev–Trinajstić information content (AvgIpc) is 2.41. The van der Waals surface area contributed by atoms with Gasteiger partial charge < -0.3 is 15.4 Å². The highest BCUT2D eigenvalue weighted by Crippen LogP contribution is 2.32. The zero-order valence-electron chi connectivity index (χ0n) is 11.9. The summed E-state index contributed by atoms with van der Waals surface area (Å²) in [4.78, 5) is 2.02. The van der Waals surface area contributed by atoms with Gasteiger partial charge in [-0.05, 0) is 36.8 Å². The van der Waals surface area contributed by atoms with E-state index in [-0.39, 0.29) is 6.04 Å². The number of anilines is 1. The molecular formula is C16H19ClN2O. The lowest BCUT2D eigenvalue weighted by Crippen LogP contribution is -2.08. The molecule has 2 aromatic carbocycles. The molecule has 0 saturated heterocycles. The number of halogens is 1. The van der Waals surface area contributed by atoms with Crippen LogP contribution in [0.15, 0.2) is 42.5 Å². The summed E-state index contributed by atoms with van der Waals surface area (Å²) >= 11 is 6.23. The van der Waals surface area contributed by atoms with Crippen molar-refractivity contribution >= 4 is 17.3 Å². The van der Waals surface area contributed by atoms with E-state index < -0.39 is 0 Å². The second-order valence-electron chi connectivity index (χ2n) is 4.97. The van der Waals surface area contributed by atoms with Gasteiger partial charge in [-0.2, -0.15) is 0 Å². The van der Waals surface area contributed by atoms with Gasteiger partial charge >= 0.3 is 0 Å². The van der Waals surface area contributed by atoms with E-state index >= 15 is 0 Å². The zero-order chi connectivity index (χ0) is 14.7. The molecule has 0 unspecified atom stereocenters. The van der Waals surface area contributed by atoms with Crippen molar-refractivity contribution in [2.45, 2.75) is 13.0 Å². The van der Waals surface area contributed by atoms with E-state index in [1.807, 2.05) is 68.4 Å². The lowest BCUT2D eigenvalue weighted by Gasteiger charge is -2.15. The minimum absolute atomic E-state index is 0.0429. The molecule has 0 aliphatic carbocycles. The molecule has 4 heteroatoms. The Morgan fingerprint density at radius 2 is 1.90 bits per heavy atom. The van der Waals surface area contributed by atoms with E-state index in [2.05, 4.69) is 0 Å². The lowest BCUT2D eigenvalue weighted by molar-refractivity contribution is 0.482. The minimum Gasteiger partial charge on any atom is -0.456 e. The maximum atomic E-state index is 6.23. The van der Waals surface area contributed by atoms with Gasteiger partial charge in [0, 0.05) is 31.9 Å². The van der Waals surface area contributed by atoms with Crippen LogP contribution in [0, 0.1) is 0 Å². The fourth-order valence-corrected chi connectivity index (χ4v) is 2.06. The van der Waals surface area contributed by atoms with Crippen molar-refractivity contribution in [2.24, 2.45) is 5.73 Å². The number of benzene rings is 2. The summed E-state index contributed by atoms with van der Waals surface area (Å²) in [7, 11) is 3.98. The molecule has 0 aliphatic heterocycles. The Bertz CT molecular complexity index is 597. The van der Waals surface area contributed by atoms with Crippen LogP contribution in [0.2, 0.25) is 5.02 Å². The van der Waals surface area contributed by atoms with Gasteiger partial charge in [-0.1, -0.05) is 23.7 Å². The summed E-state index contributed by atoms with van der Waals surface area (Å²) in [5.41, 5.74) is 7.90. The van der Waals surface area contributed by atoms with Crippen LogP contribution in [0.3, 0.4) is 0 Å². The molecule has 2 aromatic rings. The Morgan fingerprint density at radius 1 is 1.15 bits per heavy atom. The molecule has 0 saturated carbocycles. The Hall–Kier alpha value is -1.71. The molecule has 0 radical (unpaired) electrons. The van der Waals surface area contributed by atoms with E-state index in [9.17, 15) is 0 Å². The molecule has 2 rings (SSSR count). The third kappa shape index (κ3) is 3.44. The van der Waals surface area contributed by atoms with Crippen LogP contribution >= 0.6 is 11.6 Å². The fraction of sp³-hybridized carbons (Fsp3) is 0.250. The lowest BCUT2D eigenvalue weighted by atomic mass is 10.1. The van der Waals surface area contributed by atoms with Gasteiger partial charge in [0.1, 0.15) is 11.5 Å². The number of hydrogen-bond donors (Lipinski definition) is 1. The van der Waals surface area contributed by atoms with E-state index in [1.165, 1.54) is 0 Å². The number of rotatable bonds is 4. The molecule has 0 fully saturated rings. The Labute approximate surface area is 124 Å². The first-order valence-corrected chi connectivity index (χ1v) is 6.85. The van der Waals surface area contributed by atoms with Crippen LogP contribution < -0.4 is 15.4 Å². The van der Waals surface area contributed by atoms with Gasteiger partial charge in [-0.3, -0.25) is 0 Å². The number of nitrogens with zero attached hydrogens (tertiary/aromatic N) is 1. The Kier molecular flexibility index (Phi) is 4.53. The molecule has 0 heterocycles. The van der Waals surface area contributed by atoms with Crippen molar-refractivity contribution in [3.8, 4) is 11.5 Å². The van der Waals surface area contributed by atoms with Crippen LogP contribution in [-0.4, -0.2) is 14.1 Å². The molecule has 106 valence electrons. The van der Waals surface area contributed by atoms with E-state index in [0.717, 1.165) is 17.0 Å². The van der Waals surface area contributed by atoms with Gasteiger partial charge in [0.2, 0.25) is 0 Å². The monoisotopic (exact) mass is 290 g/mol. The summed E-state index contributed by atoms with van der Waals surface area (Å²) in [6, 6.07) is 13.4. The van der Waals surface area contributed by atoms with Crippen LogP contribution in [0.1, 0.15) is 18.5 Å². The summed E-state index contributed by atoms with van der Waals surface area (Å²) < 4.78 is 5.84. The van der Waals surface area contributed by atoms with E-state index in [4.69, 9.17) is 22.1 Å². The number of ether oxygens (including phenoxy) is 1. The number of nitrogens with two attached hydrogens (primary N) is 1. The first-order valence-electron chi connectivity index (χ1n) is 6.47. The third-order valence-corrected chi connectivity index (χ3v) is 3.34. The summed E-state index contributed by atoms with van der Waals surface area (Å²) in [5, 5.41) is 0.565. The normalized spacial score (nSPS) is 12.1. The smallest absolute Gasteiger partial charge is 0.146 e. The van der Waals surface area contributed by atoms with Gasteiger partial charge in [0.25, 0.3) is 0 Å². The van der Waals surface area contributed by atoms with Crippen molar-refractivity contribution < 1.29 is 4.74 Å². The van der Waals surface area contributed by atoms with Gasteiger partial charge in [-0.15, -0.1) is 0 Å². The highest BCUT2D eigenvalue weighted by molar-refractivity contribution is 6.32. The standard InChI is InChI=1S/C16H19ClN2O/c1-11(18)12-7-8-16(15(17)9-12)20-14-6-4-5-13(10-14)19(2)3/h4-11H,18H2,1-3H3/t11-/m0/s1. The molecule has 3 nitrogen and oxygen atoms in total. The van der Waals surface area contributed by atoms with Crippen molar-refractivity contribution in [1.82, 2.24) is 0 Å². The highest BCUT2D eigenvalue weighted by Gasteiger charge is 2.07. The SMILES string of the molecule is C[C@H](N)c1ccc(Oc2cccc(N(C)C)c2)c(Cl)c1. The van der Waals surface area contributed by atoms with Crippen LogP contribution in [0.25, 0.3) is 0 Å². The predicted molar refractivity (Wildman–Crippen MR) is 84.9 cm³/mol. The molecule has 1 atom stereocenters. The van der Waals surface area contributed by atoms with Crippen LogP contribution in [-0.2, 0) is 0 Å². The summed E-state index contributed by atoms with van der Waals surface area (Å²) in [5.74, 6) is 1.39. The molecular weight excluding hydrogens is 272 g/mol. The average molecular weight is 291 g/mol. The zero-order valence-corrected chi connectivity index (χ0v) is 12.7. The predicted octanol–water partition coefficient (Wildman–Crippen LogP) is 4.22. The molecule has 0 aliphatic rings. The maximum Gasteiger partial charge on any atom is 0.146 e. The quantitative estimate of drug-likeness (QED) is 0.916. The highest BCUT2D eigenvalue weighted by atomic mass is 35.5. The minimum atomic E-state index is -0.0429. The van der Waals surface area contributed by atoms with Crippen LogP contribution in [0.5, 0.6) is 11.5 Å². The molecule has 2 N–H and O–H groups in total. The van der Waals surface area contributed by atoms with Gasteiger partial charge in [-0.25, -0.2) is 0 Å². The van der Waals surface area contributed by atoms with Crippen molar-refractivity contribution in [2.75, 3.05) is 19.0 Å². The second kappa shape index (κ2) is 6.16. The van der Waals surface area contributed by atoms with Crippen molar-refractivity contribution in [1.29, 1.82) is 0 Å². The van der Waals surface area contributed by atoms with Crippen molar-refractivity contribution in [3.05, 3.63) is 53.1 Å². The maximum absolute atomic E-state index is 6.23. The van der Waals surface area contributed by atoms with Crippen molar-refractivity contribution in [3.63, 3.8) is 0 Å². The van der Waals surface area contributed by atoms with Gasteiger partial charge in [0.05, 0.1) is 5.02 Å². The largest absolute Gasteiger partial charge is 0.456 e. The molecule has 0 bridgehead atoms. The summed E-state index contributed by atoms with van der Waals surface area (Å²) in [6.07, 6.45) is 0. The van der Waals surface area contributed by atoms with E-state index in [1.54, 1.807) is 0 Å².